The molecule has 1 aliphatic heterocycles. The Balaban J connectivity index is 1.22. The van der Waals surface area contributed by atoms with Crippen molar-refractivity contribution in [2.24, 2.45) is 0 Å². The largest absolute Gasteiger partial charge is 0.354 e. The van der Waals surface area contributed by atoms with E-state index in [9.17, 15) is 4.39 Å². The van der Waals surface area contributed by atoms with Crippen LogP contribution in [0, 0.1) is 5.95 Å². The molecule has 6 rings (SSSR count). The maximum Gasteiger partial charge on any atom is 0.229 e. The standard InChI is InChI=1S/C23H22FN9/c1-31-6-8-32(9-7-31)20-5-3-16(10-25-20)29-23-28-12-18-17(11-27-22(18)30-23)15-2-4-21-26-13-19(24)33(21)14-15/h2-5,10-14H,6-9H2,1H3,(H2,27,28,29,30). The van der Waals surface area contributed by atoms with E-state index in [-0.39, 0.29) is 0 Å². The van der Waals surface area contributed by atoms with Crippen molar-refractivity contribution in [2.45, 2.75) is 0 Å². The number of H-pyrrole nitrogens is 1. The second kappa shape index (κ2) is 7.82. The Morgan fingerprint density at radius 2 is 1.85 bits per heavy atom. The van der Waals surface area contributed by atoms with Gasteiger partial charge in [-0.05, 0) is 31.3 Å². The first-order valence-corrected chi connectivity index (χ1v) is 10.8. The van der Waals surface area contributed by atoms with Crippen LogP contribution in [0.4, 0.5) is 21.8 Å². The van der Waals surface area contributed by atoms with Gasteiger partial charge in [0.25, 0.3) is 0 Å². The minimum absolute atomic E-state index is 0.401. The number of nitrogens with zero attached hydrogens (tertiary/aromatic N) is 7. The lowest BCUT2D eigenvalue weighted by molar-refractivity contribution is 0.312. The first kappa shape index (κ1) is 19.6. The van der Waals surface area contributed by atoms with E-state index in [4.69, 9.17) is 0 Å². The molecule has 0 spiro atoms. The summed E-state index contributed by atoms with van der Waals surface area (Å²) >= 11 is 0. The third kappa shape index (κ3) is 3.64. The molecule has 1 saturated heterocycles. The van der Waals surface area contributed by atoms with E-state index in [1.807, 2.05) is 24.4 Å². The molecular formula is C23H22FN9. The second-order valence-electron chi connectivity index (χ2n) is 8.21. The number of hydrogen-bond donors (Lipinski definition) is 2. The topological polar surface area (TPSA) is 90.3 Å². The number of imidazole rings is 1. The highest BCUT2D eigenvalue weighted by Gasteiger charge is 2.15. The van der Waals surface area contributed by atoms with Gasteiger partial charge in [0.15, 0.2) is 0 Å². The zero-order valence-electron chi connectivity index (χ0n) is 18.0. The molecule has 166 valence electrons. The van der Waals surface area contributed by atoms with Crippen molar-refractivity contribution in [1.82, 2.24) is 34.2 Å². The van der Waals surface area contributed by atoms with E-state index in [2.05, 4.69) is 47.1 Å². The van der Waals surface area contributed by atoms with E-state index in [1.54, 1.807) is 24.7 Å². The van der Waals surface area contributed by atoms with E-state index in [0.29, 0.717) is 17.2 Å². The lowest BCUT2D eigenvalue weighted by atomic mass is 10.1. The van der Waals surface area contributed by atoms with Crippen molar-refractivity contribution >= 4 is 34.1 Å². The summed E-state index contributed by atoms with van der Waals surface area (Å²) in [5, 5.41) is 4.07. The zero-order chi connectivity index (χ0) is 22.4. The van der Waals surface area contributed by atoms with Gasteiger partial charge in [-0.1, -0.05) is 0 Å². The van der Waals surface area contributed by atoms with Crippen LogP contribution in [0.15, 0.2) is 55.2 Å². The molecule has 33 heavy (non-hydrogen) atoms. The first-order valence-electron chi connectivity index (χ1n) is 10.8. The van der Waals surface area contributed by atoms with Gasteiger partial charge in [0.1, 0.15) is 17.1 Å². The normalized spacial score (nSPS) is 14.9. The van der Waals surface area contributed by atoms with Crippen LogP contribution in [0.5, 0.6) is 0 Å². The molecule has 0 saturated carbocycles. The highest BCUT2D eigenvalue weighted by Crippen LogP contribution is 2.29. The fourth-order valence-electron chi connectivity index (χ4n) is 4.13. The molecule has 2 N–H and O–H groups in total. The van der Waals surface area contributed by atoms with Gasteiger partial charge in [0, 0.05) is 61.3 Å². The van der Waals surface area contributed by atoms with Gasteiger partial charge < -0.3 is 20.1 Å². The highest BCUT2D eigenvalue weighted by molar-refractivity contribution is 5.93. The summed E-state index contributed by atoms with van der Waals surface area (Å²) in [7, 11) is 2.14. The average molecular weight is 443 g/mol. The SMILES string of the molecule is CN1CCN(c2ccc(Nc3ncc4c(-c5ccc6ncc(F)n6c5)c[nH]c4n3)cn2)CC1. The van der Waals surface area contributed by atoms with Gasteiger partial charge in [-0.15, -0.1) is 0 Å². The third-order valence-electron chi connectivity index (χ3n) is 6.03. The third-order valence-corrected chi connectivity index (χ3v) is 6.03. The van der Waals surface area contributed by atoms with Crippen molar-refractivity contribution in [1.29, 1.82) is 0 Å². The summed E-state index contributed by atoms with van der Waals surface area (Å²) in [5.41, 5.74) is 3.81. The molecule has 0 bridgehead atoms. The number of halogens is 1. The molecule has 6 heterocycles. The molecule has 0 unspecified atom stereocenters. The van der Waals surface area contributed by atoms with Crippen LogP contribution in [0.2, 0.25) is 0 Å². The Bertz CT molecular complexity index is 1430. The van der Waals surface area contributed by atoms with Crippen LogP contribution in [-0.2, 0) is 0 Å². The molecule has 5 aromatic rings. The Kier molecular flexibility index (Phi) is 4.65. The number of aromatic amines is 1. The Labute approximate surface area is 188 Å². The van der Waals surface area contributed by atoms with E-state index in [1.165, 1.54) is 10.6 Å². The van der Waals surface area contributed by atoms with Crippen LogP contribution in [0.1, 0.15) is 0 Å². The van der Waals surface area contributed by atoms with Gasteiger partial charge in [0.05, 0.1) is 18.1 Å². The minimum atomic E-state index is -0.401. The average Bonchev–Trinajstić information content (AvgIpc) is 3.43. The summed E-state index contributed by atoms with van der Waals surface area (Å²) in [5.74, 6) is 1.05. The number of aromatic nitrogens is 6. The molecule has 0 aromatic carbocycles. The molecule has 1 fully saturated rings. The number of nitrogens with one attached hydrogen (secondary N) is 2. The molecule has 0 radical (unpaired) electrons. The summed E-state index contributed by atoms with van der Waals surface area (Å²) in [6.07, 6.45) is 8.35. The lowest BCUT2D eigenvalue weighted by Gasteiger charge is -2.33. The zero-order valence-corrected chi connectivity index (χ0v) is 18.0. The van der Waals surface area contributed by atoms with Gasteiger partial charge in [0.2, 0.25) is 11.9 Å². The second-order valence-corrected chi connectivity index (χ2v) is 8.21. The van der Waals surface area contributed by atoms with Crippen molar-refractivity contribution in [2.75, 3.05) is 43.4 Å². The summed E-state index contributed by atoms with van der Waals surface area (Å²) in [6, 6.07) is 7.70. The number of hydrogen-bond acceptors (Lipinski definition) is 7. The fraction of sp³-hybridized carbons (Fsp3) is 0.217. The summed E-state index contributed by atoms with van der Waals surface area (Å²) < 4.78 is 15.4. The van der Waals surface area contributed by atoms with Crippen LogP contribution in [-0.4, -0.2) is 67.4 Å². The smallest absolute Gasteiger partial charge is 0.229 e. The van der Waals surface area contributed by atoms with Crippen molar-refractivity contribution in [3.8, 4) is 11.1 Å². The van der Waals surface area contributed by atoms with Crippen LogP contribution < -0.4 is 10.2 Å². The van der Waals surface area contributed by atoms with Crippen LogP contribution >= 0.6 is 0 Å². The summed E-state index contributed by atoms with van der Waals surface area (Å²) in [4.78, 5) is 25.5. The molecule has 1 aliphatic rings. The Morgan fingerprint density at radius 1 is 0.970 bits per heavy atom. The molecule has 10 heteroatoms. The van der Waals surface area contributed by atoms with E-state index >= 15 is 0 Å². The number of rotatable bonds is 4. The van der Waals surface area contributed by atoms with Gasteiger partial charge in [-0.2, -0.15) is 9.37 Å². The molecule has 9 nitrogen and oxygen atoms in total. The van der Waals surface area contributed by atoms with Gasteiger partial charge >= 0.3 is 0 Å². The number of fused-ring (bicyclic) bond motifs is 2. The van der Waals surface area contributed by atoms with Crippen molar-refractivity contribution < 1.29 is 4.39 Å². The minimum Gasteiger partial charge on any atom is -0.354 e. The molecular weight excluding hydrogens is 421 g/mol. The predicted octanol–water partition coefficient (Wildman–Crippen LogP) is 3.30. The number of likely N-dealkylation sites (N-methyl/N-ethyl adjacent to an activating group) is 1. The van der Waals surface area contributed by atoms with Crippen LogP contribution in [0.3, 0.4) is 0 Å². The fourth-order valence-corrected chi connectivity index (χ4v) is 4.13. The first-order chi connectivity index (χ1) is 16.1. The summed E-state index contributed by atoms with van der Waals surface area (Å²) in [6.45, 7) is 4.04. The monoisotopic (exact) mass is 443 g/mol. The van der Waals surface area contributed by atoms with Crippen LogP contribution in [0.25, 0.3) is 27.8 Å². The number of anilines is 3. The van der Waals surface area contributed by atoms with Gasteiger partial charge in [-0.25, -0.2) is 15.0 Å². The van der Waals surface area contributed by atoms with E-state index in [0.717, 1.165) is 54.2 Å². The van der Waals surface area contributed by atoms with Gasteiger partial charge in [-0.3, -0.25) is 4.40 Å². The number of pyridine rings is 2. The highest BCUT2D eigenvalue weighted by atomic mass is 19.1. The Morgan fingerprint density at radius 3 is 2.67 bits per heavy atom. The predicted molar refractivity (Wildman–Crippen MR) is 125 cm³/mol. The Hall–Kier alpha value is -4.05. The van der Waals surface area contributed by atoms with E-state index < -0.39 is 5.95 Å². The van der Waals surface area contributed by atoms with Crippen molar-refractivity contribution in [3.05, 3.63) is 61.2 Å². The maximum absolute atomic E-state index is 13.9. The molecule has 5 aromatic heterocycles. The lowest BCUT2D eigenvalue weighted by Crippen LogP contribution is -2.44. The molecule has 0 amide bonds. The van der Waals surface area contributed by atoms with Crippen molar-refractivity contribution in [3.63, 3.8) is 0 Å². The molecule has 0 aliphatic carbocycles. The molecule has 0 atom stereocenters. The number of piperazine rings is 1. The quantitative estimate of drug-likeness (QED) is 0.440. The maximum atomic E-state index is 13.9.